The van der Waals surface area contributed by atoms with Gasteiger partial charge < -0.3 is 5.32 Å². The average molecular weight is 418 g/mol. The van der Waals surface area contributed by atoms with Crippen LogP contribution in [0.25, 0.3) is 10.9 Å². The van der Waals surface area contributed by atoms with Crippen molar-refractivity contribution < 1.29 is 9.18 Å². The fraction of sp³-hybridized carbons (Fsp3) is 0.130. The van der Waals surface area contributed by atoms with E-state index in [4.69, 9.17) is 0 Å². The highest BCUT2D eigenvalue weighted by Crippen LogP contribution is 2.12. The highest BCUT2D eigenvalue weighted by atomic mass is 19.1. The summed E-state index contributed by atoms with van der Waals surface area (Å²) in [5.41, 5.74) is 1.25. The van der Waals surface area contributed by atoms with Crippen molar-refractivity contribution in [3.8, 4) is 0 Å². The lowest BCUT2D eigenvalue weighted by Gasteiger charge is -2.12. The maximum absolute atomic E-state index is 13.2. The third kappa shape index (κ3) is 4.13. The van der Waals surface area contributed by atoms with Crippen molar-refractivity contribution in [3.05, 3.63) is 110 Å². The van der Waals surface area contributed by atoms with E-state index in [2.05, 4.69) is 10.3 Å². The van der Waals surface area contributed by atoms with Gasteiger partial charge in [0.1, 0.15) is 5.82 Å². The summed E-state index contributed by atoms with van der Waals surface area (Å²) >= 11 is 0. The van der Waals surface area contributed by atoms with E-state index in [1.165, 1.54) is 34.9 Å². The molecule has 7 nitrogen and oxygen atoms in total. The molecule has 0 fully saturated rings. The Bertz CT molecular complexity index is 1380. The van der Waals surface area contributed by atoms with Crippen LogP contribution >= 0.6 is 0 Å². The Kier molecular flexibility index (Phi) is 5.44. The van der Waals surface area contributed by atoms with Gasteiger partial charge in [-0.3, -0.25) is 23.7 Å². The van der Waals surface area contributed by atoms with Crippen molar-refractivity contribution in [1.82, 2.24) is 19.4 Å². The third-order valence-electron chi connectivity index (χ3n) is 5.07. The molecule has 1 N–H and O–H groups in total. The fourth-order valence-electron chi connectivity index (χ4n) is 3.35. The lowest BCUT2D eigenvalue weighted by atomic mass is 10.1. The van der Waals surface area contributed by atoms with Crippen LogP contribution in [0.2, 0.25) is 0 Å². The first kappa shape index (κ1) is 20.2. The molecule has 4 rings (SSSR count). The molecule has 31 heavy (non-hydrogen) atoms. The first-order valence-corrected chi connectivity index (χ1v) is 9.59. The highest BCUT2D eigenvalue weighted by molar-refractivity contribution is 5.97. The summed E-state index contributed by atoms with van der Waals surface area (Å²) in [5.74, 6) is -0.734. The molecule has 0 aliphatic carbocycles. The van der Waals surface area contributed by atoms with Gasteiger partial charge in [0.05, 0.1) is 17.4 Å². The second-order valence-electron chi connectivity index (χ2n) is 7.13. The second kappa shape index (κ2) is 8.35. The molecule has 2 aromatic heterocycles. The van der Waals surface area contributed by atoms with Gasteiger partial charge in [0.2, 0.25) is 0 Å². The zero-order valence-corrected chi connectivity index (χ0v) is 16.7. The van der Waals surface area contributed by atoms with Gasteiger partial charge in [-0.15, -0.1) is 0 Å². The minimum absolute atomic E-state index is 0.000192. The van der Waals surface area contributed by atoms with Gasteiger partial charge in [-0.2, -0.15) is 0 Å². The van der Waals surface area contributed by atoms with E-state index in [1.807, 2.05) is 0 Å². The molecule has 0 bridgehead atoms. The molecule has 0 saturated carbocycles. The number of pyridine rings is 1. The van der Waals surface area contributed by atoms with E-state index in [0.717, 1.165) is 10.1 Å². The number of nitrogens with one attached hydrogen (secondary N) is 1. The summed E-state index contributed by atoms with van der Waals surface area (Å²) in [7, 11) is 1.56. The van der Waals surface area contributed by atoms with Crippen molar-refractivity contribution >= 4 is 16.8 Å². The fourth-order valence-corrected chi connectivity index (χ4v) is 3.35. The largest absolute Gasteiger partial charge is 0.348 e. The van der Waals surface area contributed by atoms with E-state index >= 15 is 0 Å². The second-order valence-corrected chi connectivity index (χ2v) is 7.13. The minimum Gasteiger partial charge on any atom is -0.348 e. The van der Waals surface area contributed by atoms with Crippen LogP contribution in [0.1, 0.15) is 21.5 Å². The monoisotopic (exact) mass is 418 g/mol. The molecule has 1 amide bonds. The number of aryl methyl sites for hydroxylation is 1. The third-order valence-corrected chi connectivity index (χ3v) is 5.07. The zero-order valence-electron chi connectivity index (χ0n) is 16.7. The maximum Gasteiger partial charge on any atom is 0.331 e. The van der Waals surface area contributed by atoms with Crippen molar-refractivity contribution in [3.63, 3.8) is 0 Å². The molecule has 0 saturated heterocycles. The molecular formula is C23H19FN4O3. The number of halogens is 1. The van der Waals surface area contributed by atoms with E-state index in [9.17, 15) is 18.8 Å². The molecular weight excluding hydrogens is 399 g/mol. The smallest absolute Gasteiger partial charge is 0.331 e. The van der Waals surface area contributed by atoms with Gasteiger partial charge >= 0.3 is 5.69 Å². The van der Waals surface area contributed by atoms with Gasteiger partial charge in [-0.1, -0.05) is 12.1 Å². The van der Waals surface area contributed by atoms with E-state index < -0.39 is 17.1 Å². The summed E-state index contributed by atoms with van der Waals surface area (Å²) in [6.45, 7) is 0.321. The number of nitrogens with zero attached hydrogens (tertiary/aromatic N) is 3. The number of hydrogen-bond acceptors (Lipinski definition) is 4. The number of fused-ring (bicyclic) bond motifs is 1. The Labute approximate surface area is 176 Å². The van der Waals surface area contributed by atoms with Crippen LogP contribution in [0.15, 0.2) is 76.6 Å². The van der Waals surface area contributed by atoms with Crippen molar-refractivity contribution in [2.75, 3.05) is 0 Å². The lowest BCUT2D eigenvalue weighted by Crippen LogP contribution is -2.39. The number of amides is 1. The quantitative estimate of drug-likeness (QED) is 0.539. The normalized spacial score (nSPS) is 10.9. The van der Waals surface area contributed by atoms with Gasteiger partial charge in [-0.25, -0.2) is 9.18 Å². The Balaban J connectivity index is 1.69. The van der Waals surface area contributed by atoms with Crippen LogP contribution in [0.3, 0.4) is 0 Å². The number of aromatic nitrogens is 3. The van der Waals surface area contributed by atoms with Crippen LogP contribution < -0.4 is 16.6 Å². The SMILES string of the molecule is Cn1c(=O)n(Cc2ccc(F)cc2)c(=O)c2cc(C(=O)NCc3ccncc3)ccc21. The van der Waals surface area contributed by atoms with Crippen LogP contribution in [-0.4, -0.2) is 20.0 Å². The summed E-state index contributed by atoms with van der Waals surface area (Å²) < 4.78 is 15.6. The predicted octanol–water partition coefficient (Wildman–Crippen LogP) is 2.21. The Morgan fingerprint density at radius 2 is 1.71 bits per heavy atom. The van der Waals surface area contributed by atoms with Gasteiger partial charge in [0.25, 0.3) is 11.5 Å². The Hall–Kier alpha value is -4.07. The molecule has 0 spiro atoms. The minimum atomic E-state index is -0.508. The molecule has 4 aromatic rings. The van der Waals surface area contributed by atoms with Gasteiger partial charge in [0.15, 0.2) is 0 Å². The molecule has 8 heteroatoms. The zero-order chi connectivity index (χ0) is 22.0. The summed E-state index contributed by atoms with van der Waals surface area (Å²) in [6.07, 6.45) is 3.28. The van der Waals surface area contributed by atoms with Crippen LogP contribution in [0.5, 0.6) is 0 Å². The summed E-state index contributed by atoms with van der Waals surface area (Å²) in [4.78, 5) is 42.3. The van der Waals surface area contributed by atoms with Gasteiger partial charge in [-0.05, 0) is 53.6 Å². The molecule has 0 unspecified atom stereocenters. The first-order valence-electron chi connectivity index (χ1n) is 9.59. The molecule has 2 aromatic carbocycles. The number of rotatable bonds is 5. The molecule has 0 aliphatic rings. The van der Waals surface area contributed by atoms with Crippen LogP contribution in [-0.2, 0) is 20.1 Å². The number of hydrogen-bond donors (Lipinski definition) is 1. The van der Waals surface area contributed by atoms with E-state index in [-0.39, 0.29) is 17.8 Å². The van der Waals surface area contributed by atoms with Crippen LogP contribution in [0.4, 0.5) is 4.39 Å². The van der Waals surface area contributed by atoms with E-state index in [0.29, 0.717) is 23.2 Å². The first-order chi connectivity index (χ1) is 14.9. The number of carbonyl (C=O) groups excluding carboxylic acids is 1. The molecule has 0 radical (unpaired) electrons. The molecule has 156 valence electrons. The lowest BCUT2D eigenvalue weighted by molar-refractivity contribution is 0.0951. The standard InChI is InChI=1S/C23H19FN4O3/c1-27-20-7-4-17(21(29)26-13-15-8-10-25-11-9-15)12-19(20)22(30)28(23(27)31)14-16-2-5-18(24)6-3-16/h2-12H,13-14H2,1H3,(H,26,29). The Morgan fingerprint density at radius 1 is 1.00 bits per heavy atom. The number of benzene rings is 2. The topological polar surface area (TPSA) is 86.0 Å². The molecule has 0 atom stereocenters. The van der Waals surface area contributed by atoms with Crippen molar-refractivity contribution in [2.45, 2.75) is 13.1 Å². The highest BCUT2D eigenvalue weighted by Gasteiger charge is 2.14. The summed E-state index contributed by atoms with van der Waals surface area (Å²) in [5, 5.41) is 3.06. The predicted molar refractivity (Wildman–Crippen MR) is 114 cm³/mol. The van der Waals surface area contributed by atoms with E-state index in [1.54, 1.807) is 43.7 Å². The molecule has 0 aliphatic heterocycles. The average Bonchev–Trinajstić information content (AvgIpc) is 2.80. The summed E-state index contributed by atoms with van der Waals surface area (Å²) in [6, 6.07) is 13.8. The van der Waals surface area contributed by atoms with Gasteiger partial charge in [0, 0.05) is 31.5 Å². The maximum atomic E-state index is 13.2. The molecule has 2 heterocycles. The van der Waals surface area contributed by atoms with Crippen LogP contribution in [0, 0.1) is 5.82 Å². The number of carbonyl (C=O) groups is 1. The van der Waals surface area contributed by atoms with Crippen molar-refractivity contribution in [1.29, 1.82) is 0 Å². The van der Waals surface area contributed by atoms with Crippen molar-refractivity contribution in [2.24, 2.45) is 7.05 Å². The Morgan fingerprint density at radius 3 is 2.42 bits per heavy atom.